The molecule has 0 aliphatic heterocycles. The molecule has 2 aromatic rings. The lowest BCUT2D eigenvalue weighted by Gasteiger charge is -2.50. The van der Waals surface area contributed by atoms with Gasteiger partial charge in [-0.25, -0.2) is 4.98 Å². The number of amides is 2. The minimum absolute atomic E-state index is 0.0133. The van der Waals surface area contributed by atoms with Gasteiger partial charge >= 0.3 is 0 Å². The quantitative estimate of drug-likeness (QED) is 0.299. The molecule has 5 rings (SSSR count). The third-order valence-electron chi connectivity index (χ3n) is 7.98. The molecule has 3 aliphatic carbocycles. The van der Waals surface area contributed by atoms with Gasteiger partial charge in [-0.2, -0.15) is 0 Å². The molecule has 0 radical (unpaired) electrons. The summed E-state index contributed by atoms with van der Waals surface area (Å²) < 4.78 is 0. The molecule has 208 valence electrons. The highest BCUT2D eigenvalue weighted by Crippen LogP contribution is 2.53. The first-order chi connectivity index (χ1) is 18.8. The van der Waals surface area contributed by atoms with Crippen molar-refractivity contribution >= 4 is 35.0 Å². The van der Waals surface area contributed by atoms with E-state index in [2.05, 4.69) is 10.3 Å². The van der Waals surface area contributed by atoms with Gasteiger partial charge in [0.1, 0.15) is 28.7 Å². The molecule has 0 bridgehead atoms. The van der Waals surface area contributed by atoms with Gasteiger partial charge in [0.25, 0.3) is 5.91 Å². The Bertz CT molecular complexity index is 1560. The zero-order chi connectivity index (χ0) is 29.3. The van der Waals surface area contributed by atoms with Gasteiger partial charge in [0.15, 0.2) is 11.4 Å². The molecule has 2 amide bonds. The SMILES string of the molecule is CC(=O)Nc1ccc(-c2ccc(O)c3c2CC2CC4C(N(C)C)C(=O)C(C(N)=O)=C(O)C4(O)C(=O)C2=C3O)cn1. The maximum Gasteiger partial charge on any atom is 0.255 e. The number of nitrogens with one attached hydrogen (secondary N) is 1. The number of ketones is 2. The largest absolute Gasteiger partial charge is 0.508 e. The van der Waals surface area contributed by atoms with Gasteiger partial charge in [-0.05, 0) is 62.2 Å². The van der Waals surface area contributed by atoms with E-state index in [1.54, 1.807) is 32.3 Å². The van der Waals surface area contributed by atoms with Crippen LogP contribution in [-0.2, 0) is 25.6 Å². The van der Waals surface area contributed by atoms with Gasteiger partial charge < -0.3 is 31.5 Å². The predicted octanol–water partition coefficient (Wildman–Crippen LogP) is 0.984. The number of phenols is 1. The molecule has 1 saturated carbocycles. The highest BCUT2D eigenvalue weighted by molar-refractivity contribution is 6.24. The van der Waals surface area contributed by atoms with Crippen LogP contribution in [0.4, 0.5) is 5.82 Å². The first-order valence-electron chi connectivity index (χ1n) is 12.5. The molecule has 12 heteroatoms. The van der Waals surface area contributed by atoms with E-state index in [1.807, 2.05) is 0 Å². The summed E-state index contributed by atoms with van der Waals surface area (Å²) in [4.78, 5) is 56.3. The number of primary amides is 1. The Morgan fingerprint density at radius 1 is 1.12 bits per heavy atom. The summed E-state index contributed by atoms with van der Waals surface area (Å²) in [7, 11) is 3.09. The first kappa shape index (κ1) is 27.0. The number of pyridine rings is 1. The molecule has 1 aromatic carbocycles. The minimum atomic E-state index is -2.69. The fraction of sp³-hybridized carbons (Fsp3) is 0.321. The number of aliphatic hydroxyl groups excluding tert-OH is 2. The topological polar surface area (TPSA) is 203 Å². The summed E-state index contributed by atoms with van der Waals surface area (Å²) in [6.45, 7) is 1.36. The van der Waals surface area contributed by atoms with Gasteiger partial charge in [0, 0.05) is 30.2 Å². The fourth-order valence-corrected chi connectivity index (χ4v) is 6.32. The number of aromatic nitrogens is 1. The number of hydrogen-bond donors (Lipinski definition) is 6. The number of nitrogens with two attached hydrogens (primary N) is 1. The Hall–Kier alpha value is -4.55. The van der Waals surface area contributed by atoms with Crippen LogP contribution in [0.2, 0.25) is 0 Å². The molecule has 4 atom stereocenters. The molecule has 1 aromatic heterocycles. The molecule has 0 spiro atoms. The van der Waals surface area contributed by atoms with Crippen LogP contribution in [0.5, 0.6) is 5.75 Å². The number of aromatic hydroxyl groups is 1. The Labute approximate surface area is 228 Å². The number of fused-ring (bicyclic) bond motifs is 3. The van der Waals surface area contributed by atoms with Crippen LogP contribution in [-0.4, -0.2) is 79.4 Å². The molecule has 1 fully saturated rings. The maximum atomic E-state index is 13.9. The second-order valence-electron chi connectivity index (χ2n) is 10.6. The molecule has 0 saturated heterocycles. The van der Waals surface area contributed by atoms with Gasteiger partial charge in [-0.3, -0.25) is 24.1 Å². The van der Waals surface area contributed by atoms with Crippen LogP contribution < -0.4 is 11.1 Å². The van der Waals surface area contributed by atoms with Crippen molar-refractivity contribution in [1.82, 2.24) is 9.88 Å². The summed E-state index contributed by atoms with van der Waals surface area (Å²) in [5.74, 6) is -6.99. The fourth-order valence-electron chi connectivity index (χ4n) is 6.32. The Morgan fingerprint density at radius 3 is 2.40 bits per heavy atom. The van der Waals surface area contributed by atoms with E-state index in [0.717, 1.165) is 0 Å². The van der Waals surface area contributed by atoms with Crippen molar-refractivity contribution in [3.05, 3.63) is 58.5 Å². The Morgan fingerprint density at radius 2 is 1.82 bits per heavy atom. The normalized spacial score (nSPS) is 25.9. The van der Waals surface area contributed by atoms with E-state index in [4.69, 9.17) is 5.73 Å². The summed E-state index contributed by atoms with van der Waals surface area (Å²) in [5.41, 5.74) is 3.29. The minimum Gasteiger partial charge on any atom is -0.508 e. The van der Waals surface area contributed by atoms with Crippen molar-refractivity contribution in [2.24, 2.45) is 17.6 Å². The third-order valence-corrected chi connectivity index (χ3v) is 7.98. The van der Waals surface area contributed by atoms with Crippen LogP contribution in [0.25, 0.3) is 16.9 Å². The molecule has 3 aliphatic rings. The summed E-state index contributed by atoms with van der Waals surface area (Å²) in [6.07, 6.45) is 1.65. The van der Waals surface area contributed by atoms with E-state index in [0.29, 0.717) is 22.5 Å². The number of hydrogen-bond acceptors (Lipinski definition) is 10. The van der Waals surface area contributed by atoms with E-state index >= 15 is 0 Å². The number of rotatable bonds is 4. The van der Waals surface area contributed by atoms with E-state index in [-0.39, 0.29) is 35.6 Å². The number of anilines is 1. The average Bonchev–Trinajstić information content (AvgIpc) is 2.86. The highest BCUT2D eigenvalue weighted by atomic mass is 16.3. The number of nitrogens with zero attached hydrogens (tertiary/aromatic N) is 2. The van der Waals surface area contributed by atoms with Crippen molar-refractivity contribution in [1.29, 1.82) is 0 Å². The Balaban J connectivity index is 1.68. The molecule has 7 N–H and O–H groups in total. The summed E-state index contributed by atoms with van der Waals surface area (Å²) in [6, 6.07) is 5.14. The third kappa shape index (κ3) is 3.79. The molecular weight excluding hydrogens is 520 g/mol. The van der Waals surface area contributed by atoms with Crippen molar-refractivity contribution < 1.29 is 39.6 Å². The number of likely N-dealkylation sites (N-methyl/N-ethyl adjacent to an activating group) is 1. The van der Waals surface area contributed by atoms with E-state index in [1.165, 1.54) is 24.1 Å². The highest BCUT2D eigenvalue weighted by Gasteiger charge is 2.64. The van der Waals surface area contributed by atoms with Crippen molar-refractivity contribution in [3.8, 4) is 16.9 Å². The van der Waals surface area contributed by atoms with Crippen molar-refractivity contribution in [3.63, 3.8) is 0 Å². The second kappa shape index (κ2) is 9.28. The number of benzene rings is 1. The van der Waals surface area contributed by atoms with Gasteiger partial charge in [-0.1, -0.05) is 6.07 Å². The zero-order valence-corrected chi connectivity index (χ0v) is 21.9. The first-order valence-corrected chi connectivity index (χ1v) is 12.5. The maximum absolute atomic E-state index is 13.9. The van der Waals surface area contributed by atoms with Crippen LogP contribution in [0.15, 0.2) is 47.4 Å². The molecule has 1 heterocycles. The second-order valence-corrected chi connectivity index (χ2v) is 10.6. The molecule has 4 unspecified atom stereocenters. The lowest BCUT2D eigenvalue weighted by Crippen LogP contribution is -2.65. The van der Waals surface area contributed by atoms with Crippen LogP contribution in [0, 0.1) is 11.8 Å². The lowest BCUT2D eigenvalue weighted by atomic mass is 9.57. The molecular formula is C28H28N4O8. The van der Waals surface area contributed by atoms with Crippen LogP contribution in [0.1, 0.15) is 24.5 Å². The van der Waals surface area contributed by atoms with E-state index < -0.39 is 58.0 Å². The standard InChI is InChI=1S/C28H28N4O8/c1-11(33)31-18-7-4-12(10-30-18)14-5-6-17(34)20-15(14)8-13-9-16-22(32(2)3)24(36)21(27(29)39)26(38)28(16,40)25(37)19(13)23(20)35/h4-7,10,13,16,22,34-35,38,40H,8-9H2,1-3H3,(H2,29,39)(H,30,31,33). The van der Waals surface area contributed by atoms with Crippen molar-refractivity contribution in [2.45, 2.75) is 31.4 Å². The average molecular weight is 549 g/mol. The number of Topliss-reactive ketones (excluding diaryl/α,β-unsaturated/α-hetero) is 2. The summed E-state index contributed by atoms with van der Waals surface area (Å²) >= 11 is 0. The number of phenolic OH excluding ortho intramolecular Hbond substituents is 1. The molecule has 12 nitrogen and oxygen atoms in total. The van der Waals surface area contributed by atoms with Crippen molar-refractivity contribution in [2.75, 3.05) is 19.4 Å². The van der Waals surface area contributed by atoms with Crippen LogP contribution >= 0.6 is 0 Å². The Kier molecular flexibility index (Phi) is 6.27. The number of aliphatic hydroxyl groups is 3. The smallest absolute Gasteiger partial charge is 0.255 e. The van der Waals surface area contributed by atoms with Gasteiger partial charge in [0.2, 0.25) is 11.7 Å². The number of carbonyl (C=O) groups excluding carboxylic acids is 4. The van der Waals surface area contributed by atoms with Gasteiger partial charge in [0.05, 0.1) is 11.6 Å². The zero-order valence-electron chi connectivity index (χ0n) is 21.9. The monoisotopic (exact) mass is 548 g/mol. The van der Waals surface area contributed by atoms with Crippen LogP contribution in [0.3, 0.4) is 0 Å². The van der Waals surface area contributed by atoms with E-state index in [9.17, 15) is 39.6 Å². The lowest BCUT2D eigenvalue weighted by molar-refractivity contribution is -0.153. The van der Waals surface area contributed by atoms with Gasteiger partial charge in [-0.15, -0.1) is 0 Å². The molecule has 40 heavy (non-hydrogen) atoms. The predicted molar refractivity (Wildman–Crippen MR) is 142 cm³/mol. The number of carbonyl (C=O) groups is 4. The summed E-state index contributed by atoms with van der Waals surface area (Å²) in [5, 5.41) is 47.3.